The van der Waals surface area contributed by atoms with Crippen LogP contribution in [0.25, 0.3) is 0 Å². The molecule has 1 atom stereocenters. The van der Waals surface area contributed by atoms with Crippen LogP contribution in [0.3, 0.4) is 0 Å². The molecule has 1 N–H and O–H groups in total. The van der Waals surface area contributed by atoms with Crippen LogP contribution in [-0.4, -0.2) is 24.4 Å². The van der Waals surface area contributed by atoms with Gasteiger partial charge in [0, 0.05) is 13.0 Å². The Morgan fingerprint density at radius 1 is 1.50 bits per heavy atom. The number of hydrogen-bond donors (Lipinski definition) is 1. The molecule has 0 radical (unpaired) electrons. The molecule has 14 heavy (non-hydrogen) atoms. The normalized spacial score (nSPS) is 12.8. The fourth-order valence-corrected chi connectivity index (χ4v) is 1.34. The average Bonchev–Trinajstić information content (AvgIpc) is 2.17. The van der Waals surface area contributed by atoms with Crippen molar-refractivity contribution in [1.82, 2.24) is 0 Å². The second-order valence-electron chi connectivity index (χ2n) is 3.09. The van der Waals surface area contributed by atoms with E-state index >= 15 is 0 Å². The lowest BCUT2D eigenvalue weighted by atomic mass is 10.1. The summed E-state index contributed by atoms with van der Waals surface area (Å²) < 4.78 is 18.1. The first-order valence-electron chi connectivity index (χ1n) is 4.73. The Morgan fingerprint density at radius 3 is 2.86 bits per heavy atom. The number of benzene rings is 1. The maximum absolute atomic E-state index is 12.8. The van der Waals surface area contributed by atoms with Crippen LogP contribution in [0.15, 0.2) is 24.3 Å². The van der Waals surface area contributed by atoms with Crippen molar-refractivity contribution < 1.29 is 14.2 Å². The van der Waals surface area contributed by atoms with Crippen molar-refractivity contribution in [2.24, 2.45) is 0 Å². The summed E-state index contributed by atoms with van der Waals surface area (Å²) in [6.45, 7) is 2.39. The van der Waals surface area contributed by atoms with E-state index in [1.165, 1.54) is 12.1 Å². The van der Waals surface area contributed by atoms with Gasteiger partial charge in [-0.2, -0.15) is 0 Å². The second-order valence-corrected chi connectivity index (χ2v) is 3.09. The fraction of sp³-hybridized carbons (Fsp3) is 0.455. The van der Waals surface area contributed by atoms with Crippen molar-refractivity contribution in [3.8, 4) is 0 Å². The smallest absolute Gasteiger partial charge is 0.123 e. The molecule has 0 aliphatic rings. The van der Waals surface area contributed by atoms with E-state index in [1.54, 1.807) is 6.07 Å². The average molecular weight is 198 g/mol. The van der Waals surface area contributed by atoms with Crippen molar-refractivity contribution in [2.75, 3.05) is 13.2 Å². The molecule has 0 saturated carbocycles. The maximum atomic E-state index is 12.8. The molecule has 0 spiro atoms. The van der Waals surface area contributed by atoms with Gasteiger partial charge in [0.2, 0.25) is 0 Å². The van der Waals surface area contributed by atoms with Crippen molar-refractivity contribution in [1.29, 1.82) is 0 Å². The van der Waals surface area contributed by atoms with Gasteiger partial charge in [0.05, 0.1) is 12.7 Å². The third kappa shape index (κ3) is 3.44. The van der Waals surface area contributed by atoms with Crippen LogP contribution in [0.5, 0.6) is 0 Å². The van der Waals surface area contributed by atoms with E-state index in [1.807, 2.05) is 13.0 Å². The molecule has 1 aromatic rings. The zero-order valence-electron chi connectivity index (χ0n) is 8.24. The minimum atomic E-state index is -0.254. The van der Waals surface area contributed by atoms with Crippen LogP contribution in [0, 0.1) is 5.82 Å². The molecule has 0 heterocycles. The zero-order valence-corrected chi connectivity index (χ0v) is 8.24. The van der Waals surface area contributed by atoms with Gasteiger partial charge in [-0.25, -0.2) is 4.39 Å². The maximum Gasteiger partial charge on any atom is 0.123 e. The Kier molecular flexibility index (Phi) is 4.56. The predicted molar refractivity (Wildman–Crippen MR) is 52.6 cm³/mol. The van der Waals surface area contributed by atoms with Crippen LogP contribution in [0.4, 0.5) is 4.39 Å². The topological polar surface area (TPSA) is 29.5 Å². The standard InChI is InChI=1S/C11H15FO2/c1-2-14-11(8-13)7-9-4-3-5-10(12)6-9/h3-6,11,13H,2,7-8H2,1H3. The van der Waals surface area contributed by atoms with Crippen molar-refractivity contribution in [3.63, 3.8) is 0 Å². The molecule has 0 saturated heterocycles. The minimum Gasteiger partial charge on any atom is -0.394 e. The SMILES string of the molecule is CCOC(CO)Cc1cccc(F)c1. The molecule has 0 fully saturated rings. The van der Waals surface area contributed by atoms with Crippen LogP contribution < -0.4 is 0 Å². The van der Waals surface area contributed by atoms with Crippen LogP contribution in [0.2, 0.25) is 0 Å². The highest BCUT2D eigenvalue weighted by molar-refractivity contribution is 5.17. The molecule has 1 unspecified atom stereocenters. The Balaban J connectivity index is 2.57. The summed E-state index contributed by atoms with van der Waals surface area (Å²) >= 11 is 0. The molecule has 3 heteroatoms. The summed E-state index contributed by atoms with van der Waals surface area (Å²) in [6.07, 6.45) is 0.309. The number of hydrogen-bond acceptors (Lipinski definition) is 2. The fourth-order valence-electron chi connectivity index (χ4n) is 1.34. The molecule has 78 valence electrons. The quantitative estimate of drug-likeness (QED) is 0.781. The van der Waals surface area contributed by atoms with E-state index in [2.05, 4.69) is 0 Å². The molecule has 2 nitrogen and oxygen atoms in total. The Bertz CT molecular complexity index is 276. The van der Waals surface area contributed by atoms with Crippen molar-refractivity contribution >= 4 is 0 Å². The Morgan fingerprint density at radius 2 is 2.29 bits per heavy atom. The van der Waals surface area contributed by atoms with Crippen molar-refractivity contribution in [2.45, 2.75) is 19.4 Å². The number of rotatable bonds is 5. The van der Waals surface area contributed by atoms with Gasteiger partial charge in [-0.3, -0.25) is 0 Å². The van der Waals surface area contributed by atoms with Gasteiger partial charge >= 0.3 is 0 Å². The molecule has 0 aliphatic carbocycles. The zero-order chi connectivity index (χ0) is 10.4. The van der Waals surface area contributed by atoms with Crippen LogP contribution in [-0.2, 0) is 11.2 Å². The molecule has 0 bridgehead atoms. The van der Waals surface area contributed by atoms with Gasteiger partial charge in [0.15, 0.2) is 0 Å². The van der Waals surface area contributed by atoms with E-state index in [4.69, 9.17) is 9.84 Å². The summed E-state index contributed by atoms with van der Waals surface area (Å²) in [5.74, 6) is -0.254. The summed E-state index contributed by atoms with van der Waals surface area (Å²) in [7, 11) is 0. The van der Waals surface area contributed by atoms with Gasteiger partial charge in [-0.05, 0) is 24.6 Å². The van der Waals surface area contributed by atoms with E-state index in [0.29, 0.717) is 13.0 Å². The number of aliphatic hydroxyl groups excluding tert-OH is 1. The largest absolute Gasteiger partial charge is 0.394 e. The minimum absolute atomic E-state index is 0.0373. The van der Waals surface area contributed by atoms with E-state index < -0.39 is 0 Å². The summed E-state index contributed by atoms with van der Waals surface area (Å²) in [4.78, 5) is 0. The third-order valence-electron chi connectivity index (χ3n) is 1.96. The molecule has 0 aliphatic heterocycles. The first kappa shape index (κ1) is 11.1. The summed E-state index contributed by atoms with van der Waals surface area (Å²) in [5, 5.41) is 8.97. The number of aliphatic hydroxyl groups is 1. The lowest BCUT2D eigenvalue weighted by Crippen LogP contribution is -2.20. The molecule has 1 rings (SSSR count). The van der Waals surface area contributed by atoms with Crippen molar-refractivity contribution in [3.05, 3.63) is 35.6 Å². The van der Waals surface area contributed by atoms with Gasteiger partial charge in [-0.1, -0.05) is 12.1 Å². The summed E-state index contributed by atoms with van der Waals surface area (Å²) in [5.41, 5.74) is 0.845. The number of halogens is 1. The van der Waals surface area contributed by atoms with Gasteiger partial charge in [0.25, 0.3) is 0 Å². The van der Waals surface area contributed by atoms with Gasteiger partial charge in [0.1, 0.15) is 5.82 Å². The third-order valence-corrected chi connectivity index (χ3v) is 1.96. The first-order valence-corrected chi connectivity index (χ1v) is 4.73. The highest BCUT2D eigenvalue weighted by atomic mass is 19.1. The molecule has 1 aromatic carbocycles. The monoisotopic (exact) mass is 198 g/mol. The van der Waals surface area contributed by atoms with Gasteiger partial charge < -0.3 is 9.84 Å². The summed E-state index contributed by atoms with van der Waals surface area (Å²) in [6, 6.07) is 6.34. The predicted octanol–water partition coefficient (Wildman–Crippen LogP) is 1.77. The Hall–Kier alpha value is -0.930. The highest BCUT2D eigenvalue weighted by Crippen LogP contribution is 2.08. The number of ether oxygens (including phenoxy) is 1. The van der Waals surface area contributed by atoms with Gasteiger partial charge in [-0.15, -0.1) is 0 Å². The molecule has 0 aromatic heterocycles. The van der Waals surface area contributed by atoms with Crippen LogP contribution >= 0.6 is 0 Å². The van der Waals surface area contributed by atoms with E-state index in [9.17, 15) is 4.39 Å². The molecular formula is C11H15FO2. The lowest BCUT2D eigenvalue weighted by Gasteiger charge is -2.13. The highest BCUT2D eigenvalue weighted by Gasteiger charge is 2.08. The molecule has 0 amide bonds. The van der Waals surface area contributed by atoms with E-state index in [0.717, 1.165) is 5.56 Å². The first-order chi connectivity index (χ1) is 6.76. The Labute approximate surface area is 83.3 Å². The second kappa shape index (κ2) is 5.73. The van der Waals surface area contributed by atoms with Crippen LogP contribution in [0.1, 0.15) is 12.5 Å². The molecular weight excluding hydrogens is 183 g/mol. The lowest BCUT2D eigenvalue weighted by molar-refractivity contribution is 0.0206. The van der Waals surface area contributed by atoms with E-state index in [-0.39, 0.29) is 18.5 Å².